The minimum atomic E-state index is -0.496. The Morgan fingerprint density at radius 1 is 1.08 bits per heavy atom. The van der Waals surface area contributed by atoms with Gasteiger partial charge in [-0.1, -0.05) is 41.9 Å². The van der Waals surface area contributed by atoms with Crippen LogP contribution in [0.5, 0.6) is 5.75 Å². The molecule has 2 aromatic rings. The van der Waals surface area contributed by atoms with Crippen molar-refractivity contribution in [1.29, 1.82) is 0 Å². The number of hydrogen-bond acceptors (Lipinski definition) is 4. The summed E-state index contributed by atoms with van der Waals surface area (Å²) in [5, 5.41) is 0.486. The molecule has 4 nitrogen and oxygen atoms in total. The first-order chi connectivity index (χ1) is 11.7. The summed E-state index contributed by atoms with van der Waals surface area (Å²) in [4.78, 5) is 16.3. The Morgan fingerprint density at radius 3 is 2.75 bits per heavy atom. The van der Waals surface area contributed by atoms with Gasteiger partial charge in [0.15, 0.2) is 5.70 Å². The summed E-state index contributed by atoms with van der Waals surface area (Å²) in [6, 6.07) is 14.8. The zero-order valence-corrected chi connectivity index (χ0v) is 13.3. The zero-order chi connectivity index (χ0) is 16.5. The molecule has 2 aliphatic rings. The third kappa shape index (κ3) is 2.72. The predicted molar refractivity (Wildman–Crippen MR) is 92.1 cm³/mol. The molecule has 0 aliphatic carbocycles. The Labute approximate surface area is 143 Å². The van der Waals surface area contributed by atoms with E-state index in [1.165, 1.54) is 0 Å². The van der Waals surface area contributed by atoms with E-state index in [2.05, 4.69) is 4.99 Å². The van der Waals surface area contributed by atoms with Crippen molar-refractivity contribution in [1.82, 2.24) is 0 Å². The SMILES string of the molecule is O=C1OC(c2ccccc2Cl)=N/C1=C/C1=Cc2ccccc2OC1. The van der Waals surface area contributed by atoms with Gasteiger partial charge < -0.3 is 9.47 Å². The summed E-state index contributed by atoms with van der Waals surface area (Å²) in [6.07, 6.45) is 3.66. The van der Waals surface area contributed by atoms with Gasteiger partial charge >= 0.3 is 5.97 Å². The number of hydrogen-bond donors (Lipinski definition) is 0. The van der Waals surface area contributed by atoms with E-state index in [0.29, 0.717) is 17.2 Å². The summed E-state index contributed by atoms with van der Waals surface area (Å²) in [6.45, 7) is 0.380. The number of para-hydroxylation sites is 1. The minimum Gasteiger partial charge on any atom is -0.488 e. The molecule has 2 heterocycles. The van der Waals surface area contributed by atoms with Gasteiger partial charge in [-0.05, 0) is 35.9 Å². The van der Waals surface area contributed by atoms with Crippen molar-refractivity contribution in [2.24, 2.45) is 4.99 Å². The highest BCUT2D eigenvalue weighted by atomic mass is 35.5. The van der Waals surface area contributed by atoms with Gasteiger partial charge in [0, 0.05) is 5.56 Å². The van der Waals surface area contributed by atoms with Crippen LogP contribution in [0.3, 0.4) is 0 Å². The van der Waals surface area contributed by atoms with Crippen LogP contribution in [-0.2, 0) is 9.53 Å². The lowest BCUT2D eigenvalue weighted by atomic mass is 10.1. The average Bonchev–Trinajstić information content (AvgIpc) is 2.96. The normalized spacial score (nSPS) is 17.7. The largest absolute Gasteiger partial charge is 0.488 e. The molecule has 0 bridgehead atoms. The van der Waals surface area contributed by atoms with Gasteiger partial charge in [0.05, 0.1) is 10.6 Å². The van der Waals surface area contributed by atoms with Crippen LogP contribution >= 0.6 is 11.6 Å². The maximum atomic E-state index is 12.1. The van der Waals surface area contributed by atoms with Crippen LogP contribution in [0.2, 0.25) is 5.02 Å². The highest BCUT2D eigenvalue weighted by Crippen LogP contribution is 2.28. The van der Waals surface area contributed by atoms with E-state index >= 15 is 0 Å². The fourth-order valence-corrected chi connectivity index (χ4v) is 2.77. The molecule has 0 N–H and O–H groups in total. The molecular weight excluding hydrogens is 326 g/mol. The first-order valence-electron chi connectivity index (χ1n) is 7.40. The number of ether oxygens (including phenoxy) is 2. The number of aliphatic imine (C=N–C) groups is 1. The van der Waals surface area contributed by atoms with E-state index in [0.717, 1.165) is 16.9 Å². The summed E-state index contributed by atoms with van der Waals surface area (Å²) >= 11 is 6.12. The van der Waals surface area contributed by atoms with E-state index in [1.54, 1.807) is 18.2 Å². The minimum absolute atomic E-state index is 0.217. The molecule has 0 saturated carbocycles. The Balaban J connectivity index is 1.67. The fourth-order valence-electron chi connectivity index (χ4n) is 2.55. The topological polar surface area (TPSA) is 47.9 Å². The fraction of sp³-hybridized carbons (Fsp3) is 0.0526. The quantitative estimate of drug-likeness (QED) is 0.614. The van der Waals surface area contributed by atoms with Crippen LogP contribution in [0, 0.1) is 0 Å². The van der Waals surface area contributed by atoms with Crippen LogP contribution in [-0.4, -0.2) is 18.5 Å². The molecule has 4 rings (SSSR count). The second-order valence-electron chi connectivity index (χ2n) is 5.36. The molecule has 0 saturated heterocycles. The van der Waals surface area contributed by atoms with E-state index in [9.17, 15) is 4.79 Å². The van der Waals surface area contributed by atoms with Crippen molar-refractivity contribution in [2.75, 3.05) is 6.61 Å². The Morgan fingerprint density at radius 2 is 1.88 bits per heavy atom. The molecule has 2 aliphatic heterocycles. The molecule has 0 unspecified atom stereocenters. The number of rotatable bonds is 2. The lowest BCUT2D eigenvalue weighted by Crippen LogP contribution is -2.08. The molecular formula is C19H12ClNO3. The van der Waals surface area contributed by atoms with Crippen LogP contribution < -0.4 is 4.74 Å². The lowest BCUT2D eigenvalue weighted by Gasteiger charge is -2.15. The van der Waals surface area contributed by atoms with E-state index < -0.39 is 5.97 Å². The van der Waals surface area contributed by atoms with E-state index in [4.69, 9.17) is 21.1 Å². The van der Waals surface area contributed by atoms with Gasteiger partial charge in [0.1, 0.15) is 12.4 Å². The van der Waals surface area contributed by atoms with Gasteiger partial charge in [0.25, 0.3) is 0 Å². The van der Waals surface area contributed by atoms with Crippen molar-refractivity contribution in [3.63, 3.8) is 0 Å². The van der Waals surface area contributed by atoms with Crippen molar-refractivity contribution >= 4 is 29.5 Å². The summed E-state index contributed by atoms with van der Waals surface area (Å²) in [5.41, 5.74) is 2.65. The third-order valence-corrected chi connectivity index (χ3v) is 4.03. The standard InChI is InChI=1S/C19H12ClNO3/c20-15-7-3-2-6-14(15)18-21-16(19(22)24-18)10-12-9-13-5-1-4-8-17(13)23-11-12/h1-10H,11H2/b16-10+. The number of nitrogens with zero attached hydrogens (tertiary/aromatic N) is 1. The van der Waals surface area contributed by atoms with Crippen molar-refractivity contribution < 1.29 is 14.3 Å². The summed E-state index contributed by atoms with van der Waals surface area (Å²) in [5.74, 6) is 0.549. The number of carbonyl (C=O) groups is 1. The molecule has 0 amide bonds. The predicted octanol–water partition coefficient (Wildman–Crippen LogP) is 4.00. The molecule has 24 heavy (non-hydrogen) atoms. The van der Waals surface area contributed by atoms with Crippen LogP contribution in [0.4, 0.5) is 0 Å². The maximum absolute atomic E-state index is 12.1. The monoisotopic (exact) mass is 337 g/mol. The van der Waals surface area contributed by atoms with Gasteiger partial charge in [-0.2, -0.15) is 0 Å². The average molecular weight is 338 g/mol. The number of benzene rings is 2. The highest BCUT2D eigenvalue weighted by molar-refractivity contribution is 6.34. The van der Waals surface area contributed by atoms with E-state index in [-0.39, 0.29) is 11.6 Å². The zero-order valence-electron chi connectivity index (χ0n) is 12.5. The molecule has 0 fully saturated rings. The van der Waals surface area contributed by atoms with Crippen LogP contribution in [0.1, 0.15) is 11.1 Å². The molecule has 0 atom stereocenters. The Kier molecular flexibility index (Phi) is 3.67. The molecule has 5 heteroatoms. The lowest BCUT2D eigenvalue weighted by molar-refractivity contribution is -0.130. The maximum Gasteiger partial charge on any atom is 0.363 e. The van der Waals surface area contributed by atoms with Crippen molar-refractivity contribution in [2.45, 2.75) is 0 Å². The third-order valence-electron chi connectivity index (χ3n) is 3.70. The van der Waals surface area contributed by atoms with Gasteiger partial charge in [-0.15, -0.1) is 0 Å². The van der Waals surface area contributed by atoms with Crippen molar-refractivity contribution in [3.05, 3.63) is 82.0 Å². The van der Waals surface area contributed by atoms with Gasteiger partial charge in [-0.3, -0.25) is 0 Å². The summed E-state index contributed by atoms with van der Waals surface area (Å²) < 4.78 is 10.9. The number of esters is 1. The molecule has 2 aromatic carbocycles. The smallest absolute Gasteiger partial charge is 0.363 e. The number of fused-ring (bicyclic) bond motifs is 1. The highest BCUT2D eigenvalue weighted by Gasteiger charge is 2.26. The second kappa shape index (κ2) is 5.98. The van der Waals surface area contributed by atoms with Gasteiger partial charge in [-0.25, -0.2) is 9.79 Å². The Bertz CT molecular complexity index is 928. The number of carbonyl (C=O) groups excluding carboxylic acids is 1. The van der Waals surface area contributed by atoms with Crippen molar-refractivity contribution in [3.8, 4) is 5.75 Å². The first-order valence-corrected chi connectivity index (χ1v) is 7.78. The molecule has 0 spiro atoms. The van der Waals surface area contributed by atoms with E-state index in [1.807, 2.05) is 42.5 Å². The van der Waals surface area contributed by atoms with Crippen LogP contribution in [0.25, 0.3) is 6.08 Å². The Hall–Kier alpha value is -2.85. The number of cyclic esters (lactones) is 1. The second-order valence-corrected chi connectivity index (χ2v) is 5.77. The van der Waals surface area contributed by atoms with Gasteiger partial charge in [0.2, 0.25) is 5.90 Å². The molecule has 0 aromatic heterocycles. The van der Waals surface area contributed by atoms with Crippen LogP contribution in [0.15, 0.2) is 70.9 Å². The number of halogens is 1. The molecule has 118 valence electrons. The molecule has 0 radical (unpaired) electrons. The first kappa shape index (κ1) is 14.7. The summed E-state index contributed by atoms with van der Waals surface area (Å²) in [7, 11) is 0.